The molecule has 1 saturated carbocycles. The van der Waals surface area contributed by atoms with Crippen LogP contribution >= 0.6 is 23.2 Å². The number of hydrogen-bond donors (Lipinski definition) is 1. The van der Waals surface area contributed by atoms with Gasteiger partial charge in [0.05, 0.1) is 0 Å². The minimum atomic E-state index is 0.392. The van der Waals surface area contributed by atoms with Gasteiger partial charge in [-0.1, -0.05) is 53.5 Å². The van der Waals surface area contributed by atoms with E-state index >= 15 is 0 Å². The van der Waals surface area contributed by atoms with Gasteiger partial charge in [0.15, 0.2) is 0 Å². The molecule has 3 heteroatoms. The summed E-state index contributed by atoms with van der Waals surface area (Å²) < 4.78 is 0. The molecule has 1 fully saturated rings. The molecule has 1 unspecified atom stereocenters. The lowest BCUT2D eigenvalue weighted by molar-refractivity contribution is 0.480. The molecule has 2 aromatic rings. The van der Waals surface area contributed by atoms with Crippen LogP contribution in [-0.2, 0) is 6.54 Å². The largest absolute Gasteiger partial charge is 0.306 e. The summed E-state index contributed by atoms with van der Waals surface area (Å²) in [6.07, 6.45) is 2.59. The van der Waals surface area contributed by atoms with Crippen molar-refractivity contribution < 1.29 is 0 Å². The fourth-order valence-electron chi connectivity index (χ4n) is 2.52. The zero-order chi connectivity index (χ0) is 13.9. The van der Waals surface area contributed by atoms with Crippen molar-refractivity contribution >= 4 is 23.2 Å². The Balaban J connectivity index is 1.72. The first kappa shape index (κ1) is 13.9. The first-order valence-electron chi connectivity index (χ1n) is 6.96. The number of halogens is 2. The summed E-state index contributed by atoms with van der Waals surface area (Å²) in [5.41, 5.74) is 2.46. The second-order valence-corrected chi connectivity index (χ2v) is 6.18. The van der Waals surface area contributed by atoms with E-state index in [1.165, 1.54) is 18.4 Å². The Hall–Kier alpha value is -1.02. The van der Waals surface area contributed by atoms with Crippen LogP contribution in [0.1, 0.15) is 30.0 Å². The van der Waals surface area contributed by atoms with Gasteiger partial charge < -0.3 is 5.32 Å². The molecule has 0 aliphatic heterocycles. The summed E-state index contributed by atoms with van der Waals surface area (Å²) in [6, 6.07) is 16.5. The molecule has 0 radical (unpaired) electrons. The molecule has 0 aromatic heterocycles. The maximum atomic E-state index is 6.21. The molecule has 3 rings (SSSR count). The van der Waals surface area contributed by atoms with Crippen molar-refractivity contribution in [3.8, 4) is 0 Å². The van der Waals surface area contributed by atoms with Crippen LogP contribution in [0, 0.1) is 5.92 Å². The molecular formula is C17H17Cl2N. The van der Waals surface area contributed by atoms with Crippen LogP contribution in [-0.4, -0.2) is 0 Å². The second kappa shape index (κ2) is 6.17. The average molecular weight is 306 g/mol. The molecule has 0 heterocycles. The fourth-order valence-corrected chi connectivity index (χ4v) is 2.85. The van der Waals surface area contributed by atoms with Crippen LogP contribution in [0.3, 0.4) is 0 Å². The standard InChI is InChI=1S/C17H17Cl2N/c18-15-9-7-13(8-10-15)17(12-5-6-12)20-11-14-3-1-2-4-16(14)19/h1-4,7-10,12,17,20H,5-6,11H2. The highest BCUT2D eigenvalue weighted by Crippen LogP contribution is 2.41. The predicted molar refractivity (Wildman–Crippen MR) is 85.2 cm³/mol. The van der Waals surface area contributed by atoms with Crippen LogP contribution < -0.4 is 5.32 Å². The van der Waals surface area contributed by atoms with Gasteiger partial charge in [-0.25, -0.2) is 0 Å². The van der Waals surface area contributed by atoms with Crippen molar-refractivity contribution in [3.63, 3.8) is 0 Å². The van der Waals surface area contributed by atoms with Gasteiger partial charge in [0.1, 0.15) is 0 Å². The molecule has 20 heavy (non-hydrogen) atoms. The van der Waals surface area contributed by atoms with E-state index in [2.05, 4.69) is 23.5 Å². The quantitative estimate of drug-likeness (QED) is 0.797. The number of rotatable bonds is 5. The van der Waals surface area contributed by atoms with Gasteiger partial charge in [-0.15, -0.1) is 0 Å². The third-order valence-corrected chi connectivity index (χ3v) is 4.41. The molecule has 1 aliphatic rings. The maximum Gasteiger partial charge on any atom is 0.0450 e. The highest BCUT2D eigenvalue weighted by Gasteiger charge is 2.31. The van der Waals surface area contributed by atoms with Crippen molar-refractivity contribution in [1.29, 1.82) is 0 Å². The van der Waals surface area contributed by atoms with Crippen molar-refractivity contribution in [1.82, 2.24) is 5.32 Å². The average Bonchev–Trinajstić information content (AvgIpc) is 3.27. The van der Waals surface area contributed by atoms with Gasteiger partial charge in [-0.05, 0) is 48.1 Å². The Morgan fingerprint density at radius 1 is 1.00 bits per heavy atom. The van der Waals surface area contributed by atoms with Gasteiger partial charge in [-0.3, -0.25) is 0 Å². The molecule has 104 valence electrons. The highest BCUT2D eigenvalue weighted by atomic mass is 35.5. The Morgan fingerprint density at radius 3 is 2.35 bits per heavy atom. The summed E-state index contributed by atoms with van der Waals surface area (Å²) in [7, 11) is 0. The molecule has 2 aromatic carbocycles. The van der Waals surface area contributed by atoms with Gasteiger partial charge >= 0.3 is 0 Å². The van der Waals surface area contributed by atoms with E-state index in [-0.39, 0.29) is 0 Å². The molecule has 0 saturated heterocycles. The monoisotopic (exact) mass is 305 g/mol. The van der Waals surface area contributed by atoms with E-state index in [4.69, 9.17) is 23.2 Å². The van der Waals surface area contributed by atoms with Gasteiger partial charge in [0, 0.05) is 22.6 Å². The van der Waals surface area contributed by atoms with Crippen molar-refractivity contribution in [3.05, 3.63) is 69.7 Å². The third kappa shape index (κ3) is 3.35. The topological polar surface area (TPSA) is 12.0 Å². The first-order chi connectivity index (χ1) is 9.74. The molecule has 0 spiro atoms. The Labute approximate surface area is 129 Å². The fraction of sp³-hybridized carbons (Fsp3) is 0.294. The van der Waals surface area contributed by atoms with E-state index in [0.717, 1.165) is 28.1 Å². The maximum absolute atomic E-state index is 6.21. The summed E-state index contributed by atoms with van der Waals surface area (Å²) in [6.45, 7) is 0.795. The Morgan fingerprint density at radius 2 is 1.70 bits per heavy atom. The lowest BCUT2D eigenvalue weighted by Crippen LogP contribution is -2.22. The van der Waals surface area contributed by atoms with Gasteiger partial charge in [0.25, 0.3) is 0 Å². The van der Waals surface area contributed by atoms with Crippen LogP contribution in [0.25, 0.3) is 0 Å². The number of nitrogens with one attached hydrogen (secondary N) is 1. The van der Waals surface area contributed by atoms with Crippen LogP contribution in [0.15, 0.2) is 48.5 Å². The minimum absolute atomic E-state index is 0.392. The number of benzene rings is 2. The molecule has 1 atom stereocenters. The van der Waals surface area contributed by atoms with Crippen LogP contribution in [0.2, 0.25) is 10.0 Å². The summed E-state index contributed by atoms with van der Waals surface area (Å²) in [4.78, 5) is 0. The van der Waals surface area contributed by atoms with Crippen LogP contribution in [0.5, 0.6) is 0 Å². The zero-order valence-corrected chi connectivity index (χ0v) is 12.7. The van der Waals surface area contributed by atoms with E-state index in [1.54, 1.807) is 0 Å². The van der Waals surface area contributed by atoms with Crippen molar-refractivity contribution in [2.75, 3.05) is 0 Å². The summed E-state index contributed by atoms with van der Waals surface area (Å²) in [5.74, 6) is 0.735. The molecule has 1 N–H and O–H groups in total. The molecule has 1 nitrogen and oxygen atoms in total. The molecule has 1 aliphatic carbocycles. The summed E-state index contributed by atoms with van der Waals surface area (Å²) in [5, 5.41) is 5.26. The lowest BCUT2D eigenvalue weighted by atomic mass is 10.0. The van der Waals surface area contributed by atoms with E-state index in [9.17, 15) is 0 Å². The van der Waals surface area contributed by atoms with Crippen molar-refractivity contribution in [2.45, 2.75) is 25.4 Å². The van der Waals surface area contributed by atoms with Crippen LogP contribution in [0.4, 0.5) is 0 Å². The molecule has 0 amide bonds. The Kier molecular flexibility index (Phi) is 4.30. The van der Waals surface area contributed by atoms with Crippen molar-refractivity contribution in [2.24, 2.45) is 5.92 Å². The lowest BCUT2D eigenvalue weighted by Gasteiger charge is -2.19. The summed E-state index contributed by atoms with van der Waals surface area (Å²) >= 11 is 12.2. The molecular weight excluding hydrogens is 289 g/mol. The number of hydrogen-bond acceptors (Lipinski definition) is 1. The smallest absolute Gasteiger partial charge is 0.0450 e. The highest BCUT2D eigenvalue weighted by molar-refractivity contribution is 6.31. The van der Waals surface area contributed by atoms with E-state index in [1.807, 2.05) is 30.3 Å². The normalized spacial score (nSPS) is 16.1. The third-order valence-electron chi connectivity index (χ3n) is 3.79. The SMILES string of the molecule is Clc1ccc(C(NCc2ccccc2Cl)C2CC2)cc1. The van der Waals surface area contributed by atoms with E-state index in [0.29, 0.717) is 6.04 Å². The Bertz CT molecular complexity index is 576. The second-order valence-electron chi connectivity index (χ2n) is 5.34. The zero-order valence-electron chi connectivity index (χ0n) is 11.2. The van der Waals surface area contributed by atoms with Gasteiger partial charge in [0.2, 0.25) is 0 Å². The molecule has 0 bridgehead atoms. The van der Waals surface area contributed by atoms with E-state index < -0.39 is 0 Å². The van der Waals surface area contributed by atoms with Gasteiger partial charge in [-0.2, -0.15) is 0 Å². The minimum Gasteiger partial charge on any atom is -0.306 e. The predicted octanol–water partition coefficient (Wildman–Crippen LogP) is 5.23. The first-order valence-corrected chi connectivity index (χ1v) is 7.72.